The lowest BCUT2D eigenvalue weighted by Gasteiger charge is -2.03. The summed E-state index contributed by atoms with van der Waals surface area (Å²) in [5, 5.41) is 8.98. The monoisotopic (exact) mass is 276 g/mol. The van der Waals surface area contributed by atoms with Gasteiger partial charge in [-0.15, -0.1) is 0 Å². The first-order chi connectivity index (χ1) is 10.2. The highest BCUT2D eigenvalue weighted by Crippen LogP contribution is 2.25. The molecule has 102 valence electrons. The third-order valence-corrected chi connectivity index (χ3v) is 3.64. The van der Waals surface area contributed by atoms with Crippen LogP contribution in [-0.2, 0) is 7.05 Å². The number of H-pyrrole nitrogens is 1. The molecule has 0 bridgehead atoms. The largest absolute Gasteiger partial charge is 0.318 e. The third-order valence-electron chi connectivity index (χ3n) is 3.64. The van der Waals surface area contributed by atoms with Gasteiger partial charge in [0, 0.05) is 18.6 Å². The van der Waals surface area contributed by atoms with Crippen LogP contribution in [0.4, 0.5) is 0 Å². The van der Waals surface area contributed by atoms with E-state index in [1.165, 1.54) is 0 Å². The summed E-state index contributed by atoms with van der Waals surface area (Å²) in [6.45, 7) is 0. The van der Waals surface area contributed by atoms with Crippen LogP contribution in [0, 0.1) is 0 Å². The van der Waals surface area contributed by atoms with E-state index < -0.39 is 0 Å². The lowest BCUT2D eigenvalue weighted by Crippen LogP contribution is -2.15. The number of fused-ring (bicyclic) bond motifs is 2. The zero-order valence-corrected chi connectivity index (χ0v) is 11.4. The normalized spacial score (nSPS) is 11.3. The van der Waals surface area contributed by atoms with Crippen molar-refractivity contribution in [2.24, 2.45) is 7.05 Å². The summed E-state index contributed by atoms with van der Waals surface area (Å²) in [7, 11) is 1.73. The van der Waals surface area contributed by atoms with Crippen molar-refractivity contribution in [1.29, 1.82) is 0 Å². The lowest BCUT2D eigenvalue weighted by atomic mass is 10.1. The number of nitrogens with one attached hydrogen (secondary N) is 1. The predicted molar refractivity (Wildman–Crippen MR) is 82.1 cm³/mol. The summed E-state index contributed by atoms with van der Waals surface area (Å²) in [5.74, 6) is 0. The van der Waals surface area contributed by atoms with Gasteiger partial charge in [-0.2, -0.15) is 5.10 Å². The Morgan fingerprint density at radius 1 is 1.05 bits per heavy atom. The summed E-state index contributed by atoms with van der Waals surface area (Å²) in [5.41, 5.74) is 3.17. The fourth-order valence-corrected chi connectivity index (χ4v) is 2.51. The molecule has 0 aliphatic rings. The molecular weight excluding hydrogens is 264 g/mol. The molecular formula is C16H12N4O. The Bertz CT molecular complexity index is 1030. The average molecular weight is 276 g/mol. The fraction of sp³-hybridized carbons (Fsp3) is 0.0625. The second kappa shape index (κ2) is 4.28. The van der Waals surface area contributed by atoms with E-state index in [1.54, 1.807) is 17.8 Å². The molecule has 5 heteroatoms. The molecule has 21 heavy (non-hydrogen) atoms. The number of hydrogen-bond donors (Lipinski definition) is 1. The minimum atomic E-state index is -0.0431. The fourth-order valence-electron chi connectivity index (χ4n) is 2.51. The molecule has 5 nitrogen and oxygen atoms in total. The van der Waals surface area contributed by atoms with E-state index in [0.717, 1.165) is 22.3 Å². The molecule has 0 spiro atoms. The Morgan fingerprint density at radius 2 is 1.90 bits per heavy atom. The predicted octanol–water partition coefficient (Wildman–Crippen LogP) is 2.48. The molecule has 0 saturated heterocycles. The second-order valence-corrected chi connectivity index (χ2v) is 4.98. The van der Waals surface area contributed by atoms with Crippen molar-refractivity contribution >= 4 is 21.8 Å². The van der Waals surface area contributed by atoms with Gasteiger partial charge in [-0.25, -0.2) is 4.98 Å². The number of aromatic nitrogens is 4. The molecule has 0 saturated carbocycles. The Hall–Kier alpha value is -2.95. The van der Waals surface area contributed by atoms with Gasteiger partial charge in [-0.05, 0) is 24.3 Å². The maximum Gasteiger partial charge on any atom is 0.259 e. The number of nitrogens with zero attached hydrogens (tertiary/aromatic N) is 3. The number of para-hydroxylation sites is 1. The van der Waals surface area contributed by atoms with Gasteiger partial charge >= 0.3 is 0 Å². The van der Waals surface area contributed by atoms with Crippen molar-refractivity contribution < 1.29 is 0 Å². The molecule has 3 aromatic heterocycles. The number of hydrogen-bond acceptors (Lipinski definition) is 3. The van der Waals surface area contributed by atoms with Crippen molar-refractivity contribution in [3.63, 3.8) is 0 Å². The quantitative estimate of drug-likeness (QED) is 0.581. The molecule has 4 rings (SSSR count). The first kappa shape index (κ1) is 11.8. The van der Waals surface area contributed by atoms with Crippen LogP contribution in [0.25, 0.3) is 33.2 Å². The molecule has 0 fully saturated rings. The summed E-state index contributed by atoms with van der Waals surface area (Å²) < 4.78 is 1.55. The molecule has 0 unspecified atom stereocenters. The number of aromatic amines is 1. The molecule has 0 amide bonds. The highest BCUT2D eigenvalue weighted by molar-refractivity contribution is 5.93. The van der Waals surface area contributed by atoms with Gasteiger partial charge < -0.3 is 4.57 Å². The zero-order valence-electron chi connectivity index (χ0n) is 11.4. The van der Waals surface area contributed by atoms with Gasteiger partial charge in [0.2, 0.25) is 0 Å². The molecule has 0 aliphatic carbocycles. The topological polar surface area (TPSA) is 63.6 Å². The summed E-state index contributed by atoms with van der Waals surface area (Å²) in [6.07, 6.45) is 1.73. The van der Waals surface area contributed by atoms with Crippen LogP contribution in [-0.4, -0.2) is 19.7 Å². The van der Waals surface area contributed by atoms with E-state index in [0.29, 0.717) is 10.9 Å². The Balaban J connectivity index is 1.99. The minimum absolute atomic E-state index is 0.0431. The van der Waals surface area contributed by atoms with Gasteiger partial charge in [0.15, 0.2) is 0 Å². The molecule has 1 aromatic carbocycles. The molecule has 1 N–H and O–H groups in total. The Labute approximate surface area is 119 Å². The second-order valence-electron chi connectivity index (χ2n) is 4.98. The van der Waals surface area contributed by atoms with E-state index in [9.17, 15) is 4.79 Å². The van der Waals surface area contributed by atoms with E-state index in [2.05, 4.69) is 15.2 Å². The van der Waals surface area contributed by atoms with Crippen molar-refractivity contribution in [2.75, 3.05) is 0 Å². The number of pyridine rings is 2. The van der Waals surface area contributed by atoms with Crippen LogP contribution in [0.1, 0.15) is 0 Å². The van der Waals surface area contributed by atoms with E-state index in [4.69, 9.17) is 0 Å². The van der Waals surface area contributed by atoms with Crippen LogP contribution < -0.4 is 5.56 Å². The third kappa shape index (κ3) is 1.74. The lowest BCUT2D eigenvalue weighted by molar-refractivity contribution is 0.872. The van der Waals surface area contributed by atoms with Gasteiger partial charge in [-0.1, -0.05) is 18.2 Å². The molecule has 0 atom stereocenters. The van der Waals surface area contributed by atoms with Crippen LogP contribution >= 0.6 is 0 Å². The minimum Gasteiger partial charge on any atom is -0.318 e. The van der Waals surface area contributed by atoms with Gasteiger partial charge in [-0.3, -0.25) is 9.89 Å². The highest BCUT2D eigenvalue weighted by Gasteiger charge is 2.10. The summed E-state index contributed by atoms with van der Waals surface area (Å²) in [4.78, 5) is 16.6. The van der Waals surface area contributed by atoms with Crippen molar-refractivity contribution in [3.05, 3.63) is 59.0 Å². The van der Waals surface area contributed by atoms with E-state index >= 15 is 0 Å². The number of aryl methyl sites for hydroxylation is 1. The molecule has 3 heterocycles. The van der Waals surface area contributed by atoms with Crippen LogP contribution in [0.15, 0.2) is 53.5 Å². The SMILES string of the molecule is Cn1ccc2nc(-c3n[nH]c4ccccc34)ccc2c1=O. The molecule has 0 aliphatic heterocycles. The van der Waals surface area contributed by atoms with Crippen molar-refractivity contribution in [1.82, 2.24) is 19.7 Å². The molecule has 4 aromatic rings. The van der Waals surface area contributed by atoms with E-state index in [1.807, 2.05) is 42.5 Å². The van der Waals surface area contributed by atoms with Gasteiger partial charge in [0.1, 0.15) is 5.69 Å². The maximum atomic E-state index is 12.0. The van der Waals surface area contributed by atoms with Gasteiger partial charge in [0.05, 0.1) is 22.1 Å². The van der Waals surface area contributed by atoms with Crippen LogP contribution in [0.3, 0.4) is 0 Å². The summed E-state index contributed by atoms with van der Waals surface area (Å²) in [6, 6.07) is 13.4. The van der Waals surface area contributed by atoms with Gasteiger partial charge in [0.25, 0.3) is 5.56 Å². The number of benzene rings is 1. The Morgan fingerprint density at radius 3 is 2.81 bits per heavy atom. The first-order valence-electron chi connectivity index (χ1n) is 6.64. The maximum absolute atomic E-state index is 12.0. The number of rotatable bonds is 1. The van der Waals surface area contributed by atoms with Crippen LogP contribution in [0.2, 0.25) is 0 Å². The smallest absolute Gasteiger partial charge is 0.259 e. The van der Waals surface area contributed by atoms with Crippen molar-refractivity contribution in [3.8, 4) is 11.4 Å². The highest BCUT2D eigenvalue weighted by atomic mass is 16.1. The zero-order chi connectivity index (χ0) is 14.4. The average Bonchev–Trinajstić information content (AvgIpc) is 2.95. The Kier molecular flexibility index (Phi) is 2.41. The summed E-state index contributed by atoms with van der Waals surface area (Å²) >= 11 is 0. The van der Waals surface area contributed by atoms with Crippen molar-refractivity contribution in [2.45, 2.75) is 0 Å². The van der Waals surface area contributed by atoms with E-state index in [-0.39, 0.29) is 5.56 Å². The van der Waals surface area contributed by atoms with Crippen LogP contribution in [0.5, 0.6) is 0 Å². The standard InChI is InChI=1S/C16H12N4O/c1-20-9-8-12-11(16(20)21)6-7-14(17-12)15-10-4-2-3-5-13(10)18-19-15/h2-9H,1H3,(H,18,19). The molecule has 0 radical (unpaired) electrons. The first-order valence-corrected chi connectivity index (χ1v) is 6.64.